The van der Waals surface area contributed by atoms with Gasteiger partial charge in [-0.1, -0.05) is 57.2 Å². The van der Waals surface area contributed by atoms with Crippen molar-refractivity contribution in [3.8, 4) is 11.3 Å². The van der Waals surface area contributed by atoms with Gasteiger partial charge in [0.2, 0.25) is 0 Å². The standard InChI is InChI=1S/C27H30F3N3O.C2H6/c1-3-6-24(19-32-13-15-34-16-14-32)33-18-22(11-10-20(33)2)25-9-5-12-31-26(25)21-7-4-8-23(17-21)27(28,29)30;1-2/h4-12,17-18,20H,3,13-16,19H2,1-2H3;1-2H3/b24-6-;. The van der Waals surface area contributed by atoms with E-state index in [2.05, 4.69) is 47.0 Å². The van der Waals surface area contributed by atoms with Crippen molar-refractivity contribution in [1.82, 2.24) is 14.8 Å². The van der Waals surface area contributed by atoms with Crippen LogP contribution in [0.2, 0.25) is 0 Å². The number of morpholine rings is 1. The zero-order valence-corrected chi connectivity index (χ0v) is 21.6. The monoisotopic (exact) mass is 499 g/mol. The number of allylic oxidation sites excluding steroid dienone is 3. The van der Waals surface area contributed by atoms with E-state index in [1.54, 1.807) is 12.3 Å². The number of nitrogens with zero attached hydrogens (tertiary/aromatic N) is 3. The maximum absolute atomic E-state index is 13.3. The average Bonchev–Trinajstić information content (AvgIpc) is 2.90. The van der Waals surface area contributed by atoms with Crippen molar-refractivity contribution in [1.29, 1.82) is 0 Å². The van der Waals surface area contributed by atoms with Gasteiger partial charge in [0.05, 0.1) is 24.5 Å². The number of hydrogen-bond acceptors (Lipinski definition) is 4. The molecule has 4 nitrogen and oxygen atoms in total. The highest BCUT2D eigenvalue weighted by atomic mass is 19.4. The van der Waals surface area contributed by atoms with Crippen molar-refractivity contribution < 1.29 is 17.9 Å². The minimum absolute atomic E-state index is 0.163. The second-order valence-corrected chi connectivity index (χ2v) is 8.56. The first-order valence-corrected chi connectivity index (χ1v) is 12.7. The van der Waals surface area contributed by atoms with Crippen molar-refractivity contribution in [2.24, 2.45) is 0 Å². The Kier molecular flexibility index (Phi) is 9.90. The second kappa shape index (κ2) is 12.9. The Morgan fingerprint density at radius 2 is 1.89 bits per heavy atom. The number of aromatic nitrogens is 1. The van der Waals surface area contributed by atoms with Crippen LogP contribution in [0.4, 0.5) is 13.2 Å². The van der Waals surface area contributed by atoms with Gasteiger partial charge >= 0.3 is 6.18 Å². The molecule has 2 aromatic rings. The highest BCUT2D eigenvalue weighted by Crippen LogP contribution is 2.35. The summed E-state index contributed by atoms with van der Waals surface area (Å²) < 4.78 is 45.4. The van der Waals surface area contributed by atoms with E-state index in [0.717, 1.165) is 56.5 Å². The molecule has 194 valence electrons. The van der Waals surface area contributed by atoms with E-state index < -0.39 is 11.7 Å². The summed E-state index contributed by atoms with van der Waals surface area (Å²) >= 11 is 0. The van der Waals surface area contributed by atoms with Gasteiger partial charge in [0, 0.05) is 54.9 Å². The van der Waals surface area contributed by atoms with Crippen molar-refractivity contribution in [3.05, 3.63) is 83.8 Å². The summed E-state index contributed by atoms with van der Waals surface area (Å²) in [5, 5.41) is 0. The fourth-order valence-electron chi connectivity index (χ4n) is 4.34. The zero-order chi connectivity index (χ0) is 26.1. The minimum atomic E-state index is -4.40. The lowest BCUT2D eigenvalue weighted by Gasteiger charge is -2.36. The largest absolute Gasteiger partial charge is 0.416 e. The number of alkyl halides is 3. The number of ether oxygens (including phenoxy) is 1. The molecule has 1 fully saturated rings. The molecule has 0 spiro atoms. The summed E-state index contributed by atoms with van der Waals surface area (Å²) in [7, 11) is 0. The Morgan fingerprint density at radius 1 is 1.14 bits per heavy atom. The highest BCUT2D eigenvalue weighted by molar-refractivity contribution is 5.84. The van der Waals surface area contributed by atoms with Crippen LogP contribution in [0.3, 0.4) is 0 Å². The average molecular weight is 500 g/mol. The molecule has 0 amide bonds. The molecule has 0 bridgehead atoms. The van der Waals surface area contributed by atoms with E-state index in [-0.39, 0.29) is 6.04 Å². The summed E-state index contributed by atoms with van der Waals surface area (Å²) in [4.78, 5) is 9.12. The van der Waals surface area contributed by atoms with Crippen molar-refractivity contribution in [2.75, 3.05) is 32.8 Å². The van der Waals surface area contributed by atoms with Crippen LogP contribution in [0.5, 0.6) is 0 Å². The molecule has 1 atom stereocenters. The summed E-state index contributed by atoms with van der Waals surface area (Å²) in [6, 6.07) is 9.26. The lowest BCUT2D eigenvalue weighted by Crippen LogP contribution is -2.41. The summed E-state index contributed by atoms with van der Waals surface area (Å²) in [6.45, 7) is 12.4. The molecule has 1 aromatic carbocycles. The van der Waals surface area contributed by atoms with E-state index in [1.165, 1.54) is 17.8 Å². The molecule has 3 heterocycles. The van der Waals surface area contributed by atoms with Crippen molar-refractivity contribution in [3.63, 3.8) is 0 Å². The van der Waals surface area contributed by atoms with Gasteiger partial charge in [0.15, 0.2) is 0 Å². The van der Waals surface area contributed by atoms with Crippen LogP contribution in [0.25, 0.3) is 16.8 Å². The van der Waals surface area contributed by atoms with Gasteiger partial charge in [0.1, 0.15) is 0 Å². The van der Waals surface area contributed by atoms with E-state index in [0.29, 0.717) is 11.3 Å². The van der Waals surface area contributed by atoms with Crippen LogP contribution < -0.4 is 0 Å². The number of hydrogen-bond donors (Lipinski definition) is 0. The molecule has 1 unspecified atom stereocenters. The molecule has 0 N–H and O–H groups in total. The summed E-state index contributed by atoms with van der Waals surface area (Å²) in [6.07, 6.45) is 6.64. The Morgan fingerprint density at radius 3 is 2.58 bits per heavy atom. The quantitative estimate of drug-likeness (QED) is 0.427. The maximum Gasteiger partial charge on any atom is 0.416 e. The molecule has 7 heteroatoms. The predicted octanol–water partition coefficient (Wildman–Crippen LogP) is 7.02. The SMILES string of the molecule is CC.CC/C=C(/CN1CCOCC1)N1C=C(c2cccnc2-c2cccc(C(F)(F)F)c2)C=CC1C. The van der Waals surface area contributed by atoms with Crippen molar-refractivity contribution in [2.45, 2.75) is 46.3 Å². The van der Waals surface area contributed by atoms with Gasteiger partial charge < -0.3 is 9.64 Å². The first-order valence-electron chi connectivity index (χ1n) is 12.7. The molecule has 1 saturated heterocycles. The Labute approximate surface area is 212 Å². The van der Waals surface area contributed by atoms with Gasteiger partial charge in [-0.2, -0.15) is 13.2 Å². The molecule has 2 aliphatic rings. The molecule has 0 saturated carbocycles. The third-order valence-electron chi connectivity index (χ3n) is 6.11. The summed E-state index contributed by atoms with van der Waals surface area (Å²) in [5.74, 6) is 0. The molecule has 36 heavy (non-hydrogen) atoms. The number of benzene rings is 1. The molecule has 2 aliphatic heterocycles. The minimum Gasteiger partial charge on any atom is -0.379 e. The van der Waals surface area contributed by atoms with E-state index in [1.807, 2.05) is 32.1 Å². The van der Waals surface area contributed by atoms with Gasteiger partial charge in [-0.05, 0) is 37.1 Å². The van der Waals surface area contributed by atoms with Crippen LogP contribution >= 0.6 is 0 Å². The molecular formula is C29H36F3N3O. The number of pyridine rings is 1. The van der Waals surface area contributed by atoms with E-state index >= 15 is 0 Å². The Balaban J connectivity index is 0.00000176. The highest BCUT2D eigenvalue weighted by Gasteiger charge is 2.31. The fourth-order valence-corrected chi connectivity index (χ4v) is 4.34. The fraction of sp³-hybridized carbons (Fsp3) is 0.414. The van der Waals surface area contributed by atoms with E-state index in [9.17, 15) is 13.2 Å². The first-order chi connectivity index (χ1) is 17.4. The number of rotatable bonds is 6. The molecular weight excluding hydrogens is 463 g/mol. The third kappa shape index (κ3) is 6.86. The smallest absolute Gasteiger partial charge is 0.379 e. The maximum atomic E-state index is 13.3. The molecule has 0 aliphatic carbocycles. The van der Waals surface area contributed by atoms with Crippen LogP contribution in [0.1, 0.15) is 45.2 Å². The topological polar surface area (TPSA) is 28.6 Å². The van der Waals surface area contributed by atoms with E-state index in [4.69, 9.17) is 4.74 Å². The van der Waals surface area contributed by atoms with Gasteiger partial charge in [-0.3, -0.25) is 9.88 Å². The Bertz CT molecular complexity index is 1090. The van der Waals surface area contributed by atoms with Gasteiger partial charge in [-0.15, -0.1) is 0 Å². The van der Waals surface area contributed by atoms with Crippen LogP contribution in [0.15, 0.2) is 72.7 Å². The lowest BCUT2D eigenvalue weighted by atomic mass is 9.96. The van der Waals surface area contributed by atoms with Crippen molar-refractivity contribution >= 4 is 5.57 Å². The van der Waals surface area contributed by atoms with Gasteiger partial charge in [-0.25, -0.2) is 0 Å². The molecule has 1 aromatic heterocycles. The number of halogens is 3. The van der Waals surface area contributed by atoms with Crippen LogP contribution in [-0.4, -0.2) is 53.7 Å². The molecule has 0 radical (unpaired) electrons. The predicted molar refractivity (Wildman–Crippen MR) is 140 cm³/mol. The normalized spacial score (nSPS) is 19.0. The third-order valence-corrected chi connectivity index (χ3v) is 6.11. The Hall–Kier alpha value is -2.90. The molecule has 4 rings (SSSR count). The first kappa shape index (κ1) is 27.7. The summed E-state index contributed by atoms with van der Waals surface area (Å²) in [5.41, 5.74) is 3.24. The second-order valence-electron chi connectivity index (χ2n) is 8.56. The van der Waals surface area contributed by atoms with Crippen LogP contribution in [-0.2, 0) is 10.9 Å². The van der Waals surface area contributed by atoms with Gasteiger partial charge in [0.25, 0.3) is 0 Å². The lowest BCUT2D eigenvalue weighted by molar-refractivity contribution is -0.137. The zero-order valence-electron chi connectivity index (χ0n) is 21.6. The van der Waals surface area contributed by atoms with Crippen LogP contribution in [0, 0.1) is 0 Å².